The average molecular weight is 392 g/mol. The summed E-state index contributed by atoms with van der Waals surface area (Å²) in [4.78, 5) is 13.2. The fraction of sp³-hybridized carbons (Fsp3) is 0.238. The molecule has 8 heteroatoms. The smallest absolute Gasteiger partial charge is 0.231 e. The summed E-state index contributed by atoms with van der Waals surface area (Å²) in [7, 11) is 1.88. The van der Waals surface area contributed by atoms with Gasteiger partial charge < -0.3 is 23.8 Å². The summed E-state index contributed by atoms with van der Waals surface area (Å²) >= 11 is 0. The van der Waals surface area contributed by atoms with Gasteiger partial charge in [0.2, 0.25) is 20.1 Å². The van der Waals surface area contributed by atoms with Crippen LogP contribution in [0.15, 0.2) is 36.4 Å². The number of rotatable bonds is 2. The van der Waals surface area contributed by atoms with Crippen LogP contribution in [0.25, 0.3) is 21.9 Å². The van der Waals surface area contributed by atoms with Crippen LogP contribution in [-0.4, -0.2) is 32.1 Å². The molecule has 3 aromatic carbocycles. The van der Waals surface area contributed by atoms with E-state index in [0.29, 0.717) is 23.0 Å². The maximum Gasteiger partial charge on any atom is 0.231 e. The molecule has 0 saturated carbocycles. The molecule has 1 unspecified atom stereocenters. The summed E-state index contributed by atoms with van der Waals surface area (Å²) in [6.45, 7) is 0.0678. The first-order valence-electron chi connectivity index (χ1n) is 9.25. The van der Waals surface area contributed by atoms with E-state index >= 15 is 0 Å². The second-order valence-corrected chi connectivity index (χ2v) is 7.29. The second kappa shape index (κ2) is 5.66. The number of fused-ring (bicyclic) bond motifs is 8. The van der Waals surface area contributed by atoms with Crippen LogP contribution in [0.4, 0.5) is 5.69 Å². The Morgan fingerprint density at radius 3 is 2.55 bits per heavy atom. The molecule has 29 heavy (non-hydrogen) atoms. The van der Waals surface area contributed by atoms with Gasteiger partial charge in [0.05, 0.1) is 5.69 Å². The molecule has 0 saturated heterocycles. The Morgan fingerprint density at radius 2 is 1.72 bits per heavy atom. The zero-order valence-electron chi connectivity index (χ0n) is 15.5. The van der Waals surface area contributed by atoms with E-state index in [0.717, 1.165) is 33.2 Å². The van der Waals surface area contributed by atoms with Crippen LogP contribution >= 0.6 is 0 Å². The molecule has 3 aliphatic heterocycles. The van der Waals surface area contributed by atoms with E-state index in [-0.39, 0.29) is 25.1 Å². The lowest BCUT2D eigenvalue weighted by atomic mass is 9.85. The molecule has 0 spiro atoms. The third-order valence-electron chi connectivity index (χ3n) is 5.83. The Morgan fingerprint density at radius 1 is 1.00 bits per heavy atom. The molecule has 0 bridgehead atoms. The predicted octanol–water partition coefficient (Wildman–Crippen LogP) is 3.73. The van der Waals surface area contributed by atoms with Gasteiger partial charge in [-0.3, -0.25) is 10.1 Å². The number of hydrogen-bond acceptors (Lipinski definition) is 7. The Bertz CT molecular complexity index is 1210. The number of nitrogens with zero attached hydrogens (tertiary/aromatic N) is 2. The molecule has 0 radical (unpaired) electrons. The van der Waals surface area contributed by atoms with E-state index in [1.165, 1.54) is 0 Å². The van der Waals surface area contributed by atoms with Crippen molar-refractivity contribution < 1.29 is 23.9 Å². The maximum atomic E-state index is 11.5. The molecular formula is C21H16N2O6. The van der Waals surface area contributed by atoms with Gasteiger partial charge in [0.1, 0.15) is 6.04 Å². The molecule has 0 fully saturated rings. The highest BCUT2D eigenvalue weighted by Gasteiger charge is 2.38. The summed E-state index contributed by atoms with van der Waals surface area (Å²) in [5.41, 5.74) is 3.64. The van der Waals surface area contributed by atoms with Gasteiger partial charge in [-0.25, -0.2) is 0 Å². The first-order chi connectivity index (χ1) is 14.1. The molecule has 3 heterocycles. The van der Waals surface area contributed by atoms with Gasteiger partial charge in [-0.05, 0) is 35.2 Å². The zero-order chi connectivity index (χ0) is 19.7. The van der Waals surface area contributed by atoms with E-state index < -0.39 is 6.04 Å². The van der Waals surface area contributed by atoms with Crippen LogP contribution in [0.2, 0.25) is 0 Å². The van der Waals surface area contributed by atoms with E-state index in [1.54, 1.807) is 0 Å². The van der Waals surface area contributed by atoms with Crippen molar-refractivity contribution in [3.63, 3.8) is 0 Å². The minimum atomic E-state index is -0.486. The molecule has 3 aromatic rings. The molecule has 0 aromatic heterocycles. The molecular weight excluding hydrogens is 376 g/mol. The number of hydrogen-bond donors (Lipinski definition) is 0. The van der Waals surface area contributed by atoms with E-state index in [4.69, 9.17) is 18.9 Å². The Labute approximate surface area is 165 Å². The van der Waals surface area contributed by atoms with Crippen molar-refractivity contribution in [1.82, 2.24) is 0 Å². The predicted molar refractivity (Wildman–Crippen MR) is 105 cm³/mol. The van der Waals surface area contributed by atoms with Crippen LogP contribution < -0.4 is 23.8 Å². The summed E-state index contributed by atoms with van der Waals surface area (Å²) < 4.78 is 22.3. The highest BCUT2D eigenvalue weighted by Crippen LogP contribution is 2.54. The second-order valence-electron chi connectivity index (χ2n) is 7.29. The Hall–Kier alpha value is -3.68. The molecule has 6 rings (SSSR count). The van der Waals surface area contributed by atoms with Crippen molar-refractivity contribution in [2.45, 2.75) is 6.04 Å². The fourth-order valence-corrected chi connectivity index (χ4v) is 4.56. The standard InChI is InChI=1S/C21H16N2O6/c1-22-15(8-23(24)25)19-12(4-5-16-21(19)29-10-26-16)13-3-2-11-6-17-18(28-9-27-17)7-14(11)20(13)22/h2-7,15H,8-10H2,1H3. The first kappa shape index (κ1) is 16.3. The Kier molecular flexibility index (Phi) is 3.18. The van der Waals surface area contributed by atoms with E-state index in [2.05, 4.69) is 0 Å². The van der Waals surface area contributed by atoms with Crippen molar-refractivity contribution in [3.05, 3.63) is 52.1 Å². The summed E-state index contributed by atoms with van der Waals surface area (Å²) in [6, 6.07) is 11.3. The molecule has 146 valence electrons. The number of likely N-dealkylation sites (N-methyl/N-ethyl adjacent to an activating group) is 1. The Balaban J connectivity index is 1.66. The lowest BCUT2D eigenvalue weighted by Crippen LogP contribution is -2.33. The molecule has 3 aliphatic rings. The molecule has 8 nitrogen and oxygen atoms in total. The normalized spacial score (nSPS) is 18.0. The highest BCUT2D eigenvalue weighted by molar-refractivity contribution is 6.05. The first-order valence-corrected chi connectivity index (χ1v) is 9.25. The van der Waals surface area contributed by atoms with Gasteiger partial charge in [-0.1, -0.05) is 12.1 Å². The molecule has 1 atom stereocenters. The lowest BCUT2D eigenvalue weighted by Gasteiger charge is -2.37. The zero-order valence-corrected chi connectivity index (χ0v) is 15.5. The average Bonchev–Trinajstić information content (AvgIpc) is 3.36. The quantitative estimate of drug-likeness (QED) is 0.485. The van der Waals surface area contributed by atoms with Crippen molar-refractivity contribution in [2.75, 3.05) is 32.1 Å². The lowest BCUT2D eigenvalue weighted by molar-refractivity contribution is -0.483. The number of ether oxygens (including phenoxy) is 4. The number of nitro groups is 1. The van der Waals surface area contributed by atoms with Gasteiger partial charge in [0.15, 0.2) is 23.0 Å². The minimum absolute atomic E-state index is 0.120. The van der Waals surface area contributed by atoms with Crippen molar-refractivity contribution >= 4 is 16.5 Å². The van der Waals surface area contributed by atoms with Gasteiger partial charge in [-0.2, -0.15) is 0 Å². The van der Waals surface area contributed by atoms with Crippen LogP contribution in [0.1, 0.15) is 11.6 Å². The van der Waals surface area contributed by atoms with Crippen LogP contribution in [-0.2, 0) is 0 Å². The molecule has 0 aliphatic carbocycles. The topological polar surface area (TPSA) is 83.3 Å². The van der Waals surface area contributed by atoms with Gasteiger partial charge in [0, 0.05) is 28.5 Å². The van der Waals surface area contributed by atoms with Gasteiger partial charge >= 0.3 is 0 Å². The summed E-state index contributed by atoms with van der Waals surface area (Å²) in [5.74, 6) is 2.61. The molecule has 0 amide bonds. The number of benzene rings is 3. The van der Waals surface area contributed by atoms with Crippen molar-refractivity contribution in [3.8, 4) is 34.1 Å². The van der Waals surface area contributed by atoms with E-state index in [9.17, 15) is 10.1 Å². The van der Waals surface area contributed by atoms with Crippen LogP contribution in [0.5, 0.6) is 23.0 Å². The van der Waals surface area contributed by atoms with Crippen molar-refractivity contribution in [2.24, 2.45) is 0 Å². The molecule has 0 N–H and O–H groups in total. The van der Waals surface area contributed by atoms with Crippen LogP contribution in [0.3, 0.4) is 0 Å². The maximum absolute atomic E-state index is 11.5. The number of anilines is 1. The summed E-state index contributed by atoms with van der Waals surface area (Å²) in [5, 5.41) is 13.5. The third-order valence-corrected chi connectivity index (χ3v) is 5.83. The van der Waals surface area contributed by atoms with Crippen LogP contribution in [0, 0.1) is 10.1 Å². The SMILES string of the molecule is CN1c2c(ccc3cc4c(cc23)OCO4)-c2ccc3c(c2C1C[N+](=O)[O-])OCO3. The monoisotopic (exact) mass is 392 g/mol. The van der Waals surface area contributed by atoms with Crippen molar-refractivity contribution in [1.29, 1.82) is 0 Å². The van der Waals surface area contributed by atoms with E-state index in [1.807, 2.05) is 48.3 Å². The summed E-state index contributed by atoms with van der Waals surface area (Å²) in [6.07, 6.45) is 0. The van der Waals surface area contributed by atoms with Gasteiger partial charge in [-0.15, -0.1) is 0 Å². The minimum Gasteiger partial charge on any atom is -0.454 e. The largest absolute Gasteiger partial charge is 0.454 e. The highest BCUT2D eigenvalue weighted by atomic mass is 16.7. The third kappa shape index (κ3) is 2.19. The fourth-order valence-electron chi connectivity index (χ4n) is 4.56. The van der Waals surface area contributed by atoms with Gasteiger partial charge in [0.25, 0.3) is 0 Å².